The Morgan fingerprint density at radius 2 is 1.82 bits per heavy atom. The number of carbonyl (C=O) groups is 1. The summed E-state index contributed by atoms with van der Waals surface area (Å²) in [4.78, 5) is 16.8. The van der Waals surface area contributed by atoms with Crippen molar-refractivity contribution in [3.8, 4) is 0 Å². The molecule has 9 heteroatoms. The van der Waals surface area contributed by atoms with E-state index in [1.807, 2.05) is 0 Å². The first-order valence-electron chi connectivity index (χ1n) is 8.39. The van der Waals surface area contributed by atoms with Crippen LogP contribution in [0.1, 0.15) is 31.1 Å². The predicted octanol–water partition coefficient (Wildman–Crippen LogP) is 3.98. The molecule has 0 aliphatic carbocycles. The Kier molecular flexibility index (Phi) is 5.08. The molecule has 0 atom stereocenters. The number of aromatic nitrogens is 2. The van der Waals surface area contributed by atoms with E-state index < -0.39 is 28.9 Å². The molecule has 0 saturated heterocycles. The topological polar surface area (TPSA) is 82.2 Å². The number of rotatable bonds is 2. The lowest BCUT2D eigenvalue weighted by atomic mass is 10.1. The molecule has 1 heterocycles. The van der Waals surface area contributed by atoms with E-state index in [2.05, 4.69) is 25.8 Å². The van der Waals surface area contributed by atoms with E-state index in [9.17, 15) is 18.0 Å². The molecule has 3 aromatic rings. The predicted molar refractivity (Wildman–Crippen MR) is 101 cm³/mol. The van der Waals surface area contributed by atoms with Gasteiger partial charge in [-0.3, -0.25) is 15.2 Å². The lowest BCUT2D eigenvalue weighted by Crippen LogP contribution is -2.38. The zero-order chi connectivity index (χ0) is 20.5. The number of nitrogens with one attached hydrogen (secondary N) is 3. The van der Waals surface area contributed by atoms with Crippen LogP contribution in [0.2, 0.25) is 0 Å². The van der Waals surface area contributed by atoms with E-state index in [1.54, 1.807) is 20.8 Å². The molecule has 0 radical (unpaired) electrons. The van der Waals surface area contributed by atoms with Crippen molar-refractivity contribution >= 4 is 28.6 Å². The van der Waals surface area contributed by atoms with Gasteiger partial charge < -0.3 is 5.32 Å². The molecule has 146 valence electrons. The molecular formula is C19H18F3N5O. The lowest BCUT2D eigenvalue weighted by molar-refractivity contribution is 0.0976. The molecule has 0 aliphatic rings. The molecule has 3 rings (SSSR count). The fourth-order valence-electron chi connectivity index (χ4n) is 2.43. The summed E-state index contributed by atoms with van der Waals surface area (Å²) in [6.07, 6.45) is 0. The smallest absolute Gasteiger partial charge is 0.258 e. The van der Waals surface area contributed by atoms with E-state index >= 15 is 0 Å². The van der Waals surface area contributed by atoms with Gasteiger partial charge in [0.05, 0.1) is 11.1 Å². The summed E-state index contributed by atoms with van der Waals surface area (Å²) in [7, 11) is 0. The number of amides is 1. The molecule has 0 aliphatic heterocycles. The summed E-state index contributed by atoms with van der Waals surface area (Å²) in [6.45, 7) is 5.42. The number of carbonyl (C=O) groups excluding carboxylic acids is 1. The molecule has 0 unspecified atom stereocenters. The van der Waals surface area contributed by atoms with Crippen LogP contribution in [0, 0.1) is 17.5 Å². The van der Waals surface area contributed by atoms with Crippen molar-refractivity contribution < 1.29 is 18.0 Å². The second-order valence-corrected chi connectivity index (χ2v) is 7.10. The van der Waals surface area contributed by atoms with E-state index in [1.165, 1.54) is 18.2 Å². The minimum Gasteiger partial charge on any atom is -0.309 e. The lowest BCUT2D eigenvalue weighted by Gasteiger charge is -2.17. The number of anilines is 1. The van der Waals surface area contributed by atoms with Crippen LogP contribution in [0.4, 0.5) is 19.0 Å². The van der Waals surface area contributed by atoms with Gasteiger partial charge in [-0.15, -0.1) is 0 Å². The van der Waals surface area contributed by atoms with Gasteiger partial charge in [-0.25, -0.2) is 18.2 Å². The average Bonchev–Trinajstić information content (AvgIpc) is 2.97. The first-order chi connectivity index (χ1) is 13.1. The number of aliphatic imine (C=N–C) groups is 1. The normalized spacial score (nSPS) is 12.3. The Morgan fingerprint density at radius 1 is 1.07 bits per heavy atom. The number of halogens is 3. The Balaban J connectivity index is 1.91. The van der Waals surface area contributed by atoms with Gasteiger partial charge in [-0.2, -0.15) is 5.10 Å². The number of aromatic amines is 1. The van der Waals surface area contributed by atoms with Crippen LogP contribution in [0.15, 0.2) is 41.4 Å². The second-order valence-electron chi connectivity index (χ2n) is 7.10. The molecule has 0 saturated carbocycles. The van der Waals surface area contributed by atoms with Gasteiger partial charge in [-0.1, -0.05) is 0 Å². The number of guanidine groups is 1. The molecule has 0 fully saturated rings. The Hall–Kier alpha value is -3.36. The third kappa shape index (κ3) is 4.48. The first kappa shape index (κ1) is 19.4. The quantitative estimate of drug-likeness (QED) is 0.458. The molecule has 6 nitrogen and oxygen atoms in total. The van der Waals surface area contributed by atoms with Crippen molar-refractivity contribution in [2.75, 3.05) is 5.32 Å². The molecule has 1 aromatic heterocycles. The summed E-state index contributed by atoms with van der Waals surface area (Å²) in [6, 6.07) is 6.92. The maximum absolute atomic E-state index is 13.6. The number of nitrogens with zero attached hydrogens (tertiary/aromatic N) is 2. The highest BCUT2D eigenvalue weighted by Gasteiger charge is 2.17. The third-order valence-electron chi connectivity index (χ3n) is 3.62. The van der Waals surface area contributed by atoms with Gasteiger partial charge >= 0.3 is 0 Å². The van der Waals surface area contributed by atoms with Gasteiger partial charge in [0, 0.05) is 10.9 Å². The number of benzene rings is 2. The van der Waals surface area contributed by atoms with Crippen molar-refractivity contribution in [2.45, 2.75) is 26.3 Å². The summed E-state index contributed by atoms with van der Waals surface area (Å²) >= 11 is 0. The first-order valence-corrected chi connectivity index (χ1v) is 8.39. The highest BCUT2D eigenvalue weighted by molar-refractivity contribution is 6.11. The Morgan fingerprint density at radius 3 is 2.50 bits per heavy atom. The van der Waals surface area contributed by atoms with Gasteiger partial charge in [0.25, 0.3) is 5.91 Å². The van der Waals surface area contributed by atoms with Crippen LogP contribution < -0.4 is 10.6 Å². The molecule has 0 bridgehead atoms. The molecule has 1 amide bonds. The van der Waals surface area contributed by atoms with Crippen molar-refractivity contribution in [1.29, 1.82) is 0 Å². The van der Waals surface area contributed by atoms with Crippen LogP contribution >= 0.6 is 0 Å². The average molecular weight is 389 g/mol. The molecule has 28 heavy (non-hydrogen) atoms. The van der Waals surface area contributed by atoms with Gasteiger partial charge in [0.1, 0.15) is 5.82 Å². The van der Waals surface area contributed by atoms with Crippen molar-refractivity contribution in [3.63, 3.8) is 0 Å². The van der Waals surface area contributed by atoms with Gasteiger partial charge in [-0.05, 0) is 57.2 Å². The molecular weight excluding hydrogens is 371 g/mol. The fourth-order valence-corrected chi connectivity index (χ4v) is 2.43. The third-order valence-corrected chi connectivity index (χ3v) is 3.62. The van der Waals surface area contributed by atoms with Crippen molar-refractivity contribution in [3.05, 3.63) is 59.4 Å². The minimum absolute atomic E-state index is 0.0277. The zero-order valence-electron chi connectivity index (χ0n) is 15.4. The number of fused-ring (bicyclic) bond motifs is 1. The van der Waals surface area contributed by atoms with E-state index in [-0.39, 0.29) is 17.3 Å². The Bertz CT molecular complexity index is 1070. The zero-order valence-corrected chi connectivity index (χ0v) is 15.4. The maximum atomic E-state index is 13.6. The van der Waals surface area contributed by atoms with Crippen molar-refractivity contribution in [2.24, 2.45) is 4.99 Å². The van der Waals surface area contributed by atoms with E-state index in [0.717, 1.165) is 18.2 Å². The van der Waals surface area contributed by atoms with Crippen LogP contribution in [0.25, 0.3) is 10.9 Å². The molecule has 0 spiro atoms. The summed E-state index contributed by atoms with van der Waals surface area (Å²) in [5, 5.41) is 12.6. The summed E-state index contributed by atoms with van der Waals surface area (Å²) in [5.41, 5.74) is -0.0766. The largest absolute Gasteiger partial charge is 0.309 e. The molecule has 2 aromatic carbocycles. The van der Waals surface area contributed by atoms with Crippen LogP contribution in [0.3, 0.4) is 0 Å². The van der Waals surface area contributed by atoms with E-state index in [0.29, 0.717) is 10.9 Å². The number of hydrogen-bond acceptors (Lipinski definition) is 3. The monoisotopic (exact) mass is 389 g/mol. The van der Waals surface area contributed by atoms with Gasteiger partial charge in [0.15, 0.2) is 17.5 Å². The van der Waals surface area contributed by atoms with Crippen LogP contribution in [-0.4, -0.2) is 27.6 Å². The highest BCUT2D eigenvalue weighted by atomic mass is 19.2. The van der Waals surface area contributed by atoms with Gasteiger partial charge in [0.2, 0.25) is 5.96 Å². The van der Waals surface area contributed by atoms with E-state index in [4.69, 9.17) is 0 Å². The SMILES string of the molecule is CC(C)(C)N=C(NC(=O)c1ccc(F)c(F)c1)Nc1n[nH]c2ccc(F)cc12. The fraction of sp³-hybridized carbons (Fsp3) is 0.211. The molecule has 3 N–H and O–H groups in total. The minimum atomic E-state index is -1.14. The van der Waals surface area contributed by atoms with Crippen LogP contribution in [-0.2, 0) is 0 Å². The van der Waals surface area contributed by atoms with Crippen LogP contribution in [0.5, 0.6) is 0 Å². The maximum Gasteiger partial charge on any atom is 0.258 e. The standard InChI is InChI=1S/C19H18F3N5O/c1-19(2,3)25-18(24-17(28)10-4-6-13(21)14(22)8-10)23-16-12-9-11(20)5-7-15(12)26-27-16/h4-9H,1-3H3,(H3,23,24,25,26,27,28). The number of hydrogen-bond donors (Lipinski definition) is 3. The highest BCUT2D eigenvalue weighted by Crippen LogP contribution is 2.21. The number of H-pyrrole nitrogens is 1. The Labute approximate surface area is 158 Å². The summed E-state index contributed by atoms with van der Waals surface area (Å²) in [5.74, 6) is -3.05. The second kappa shape index (κ2) is 7.34. The van der Waals surface area contributed by atoms with Crippen molar-refractivity contribution in [1.82, 2.24) is 15.5 Å². The summed E-state index contributed by atoms with van der Waals surface area (Å²) < 4.78 is 40.1.